The zero-order chi connectivity index (χ0) is 20.5. The third kappa shape index (κ3) is 6.39. The minimum absolute atomic E-state index is 0.615. The van der Waals surface area contributed by atoms with Crippen molar-refractivity contribution in [3.05, 3.63) is 53.6 Å². The molecule has 0 aromatic heterocycles. The predicted molar refractivity (Wildman–Crippen MR) is 119 cm³/mol. The lowest BCUT2D eigenvalue weighted by Crippen LogP contribution is -2.30. The Bertz CT molecular complexity index is 822. The highest BCUT2D eigenvalue weighted by Crippen LogP contribution is 2.32. The quantitative estimate of drug-likeness (QED) is 0.549. The van der Waals surface area contributed by atoms with Crippen molar-refractivity contribution in [3.63, 3.8) is 0 Å². The van der Waals surface area contributed by atoms with E-state index in [-0.39, 0.29) is 0 Å². The van der Waals surface area contributed by atoms with Gasteiger partial charge in [0.2, 0.25) is 0 Å². The third-order valence-corrected chi connectivity index (χ3v) is 4.76. The van der Waals surface area contributed by atoms with Crippen molar-refractivity contribution in [1.29, 1.82) is 0 Å². The average molecular weight is 397 g/mol. The number of hydrogen-bond donors (Lipinski definition) is 2. The summed E-state index contributed by atoms with van der Waals surface area (Å²) in [5, 5.41) is 6.68. The minimum atomic E-state index is 0.615. The van der Waals surface area contributed by atoms with E-state index in [4.69, 9.17) is 14.5 Å². The summed E-state index contributed by atoms with van der Waals surface area (Å²) in [6.45, 7) is 8.98. The van der Waals surface area contributed by atoms with Crippen LogP contribution in [0.5, 0.6) is 11.5 Å². The molecule has 0 aliphatic carbocycles. The number of benzene rings is 2. The maximum atomic E-state index is 5.78. The molecule has 29 heavy (non-hydrogen) atoms. The summed E-state index contributed by atoms with van der Waals surface area (Å²) < 4.78 is 11.5. The van der Waals surface area contributed by atoms with Crippen molar-refractivity contribution >= 4 is 11.6 Å². The zero-order valence-electron chi connectivity index (χ0n) is 17.7. The first kappa shape index (κ1) is 21.0. The molecule has 0 saturated heterocycles. The summed E-state index contributed by atoms with van der Waals surface area (Å²) in [4.78, 5) is 7.05. The fourth-order valence-corrected chi connectivity index (χ4v) is 3.11. The van der Waals surface area contributed by atoms with Crippen molar-refractivity contribution in [3.8, 4) is 11.5 Å². The molecule has 0 bridgehead atoms. The summed E-state index contributed by atoms with van der Waals surface area (Å²) in [7, 11) is 2.13. The SMILES string of the molecule is CCNC(=NCc1cccc(CN(C)CC)c1)Nc1ccc2c(c1)OCCCO2. The Kier molecular flexibility index (Phi) is 7.76. The Labute approximate surface area is 173 Å². The first-order chi connectivity index (χ1) is 14.2. The summed E-state index contributed by atoms with van der Waals surface area (Å²) in [6.07, 6.45) is 0.897. The number of anilines is 1. The van der Waals surface area contributed by atoms with Gasteiger partial charge in [-0.05, 0) is 43.8 Å². The molecule has 1 aliphatic heterocycles. The summed E-state index contributed by atoms with van der Waals surface area (Å²) in [5.74, 6) is 2.32. The van der Waals surface area contributed by atoms with Gasteiger partial charge < -0.3 is 25.0 Å². The van der Waals surface area contributed by atoms with Crippen molar-refractivity contribution in [2.45, 2.75) is 33.4 Å². The van der Waals surface area contributed by atoms with Crippen molar-refractivity contribution in [2.75, 3.05) is 38.7 Å². The lowest BCUT2D eigenvalue weighted by atomic mass is 10.1. The maximum Gasteiger partial charge on any atom is 0.196 e. The monoisotopic (exact) mass is 396 g/mol. The van der Waals surface area contributed by atoms with Crippen molar-refractivity contribution in [1.82, 2.24) is 10.2 Å². The average Bonchev–Trinajstić information content (AvgIpc) is 2.97. The second-order valence-corrected chi connectivity index (χ2v) is 7.18. The van der Waals surface area contributed by atoms with Crippen LogP contribution in [-0.4, -0.2) is 44.2 Å². The summed E-state index contributed by atoms with van der Waals surface area (Å²) in [6, 6.07) is 14.5. The highest BCUT2D eigenvalue weighted by molar-refractivity contribution is 5.93. The Morgan fingerprint density at radius 1 is 1.03 bits per heavy atom. The van der Waals surface area contributed by atoms with Gasteiger partial charge >= 0.3 is 0 Å². The molecule has 6 nitrogen and oxygen atoms in total. The molecule has 1 heterocycles. The number of nitrogens with zero attached hydrogens (tertiary/aromatic N) is 2. The van der Waals surface area contributed by atoms with Gasteiger partial charge in [0.1, 0.15) is 0 Å². The Morgan fingerprint density at radius 2 is 1.83 bits per heavy atom. The number of hydrogen-bond acceptors (Lipinski definition) is 4. The Hall–Kier alpha value is -2.73. The van der Waals surface area contributed by atoms with Crippen LogP contribution in [0.1, 0.15) is 31.4 Å². The van der Waals surface area contributed by atoms with Crippen LogP contribution in [0.25, 0.3) is 0 Å². The second-order valence-electron chi connectivity index (χ2n) is 7.18. The van der Waals surface area contributed by atoms with Crippen LogP contribution < -0.4 is 20.1 Å². The molecular weight excluding hydrogens is 364 g/mol. The van der Waals surface area contributed by atoms with Crippen LogP contribution in [0.15, 0.2) is 47.5 Å². The molecule has 2 N–H and O–H groups in total. The summed E-state index contributed by atoms with van der Waals surface area (Å²) in [5.41, 5.74) is 3.43. The van der Waals surface area contributed by atoms with E-state index < -0.39 is 0 Å². The van der Waals surface area contributed by atoms with Crippen molar-refractivity contribution in [2.24, 2.45) is 4.99 Å². The molecule has 0 unspecified atom stereocenters. The van der Waals surface area contributed by atoms with E-state index >= 15 is 0 Å². The lowest BCUT2D eigenvalue weighted by molar-refractivity contribution is 0.297. The van der Waals surface area contributed by atoms with Gasteiger partial charge in [-0.1, -0.05) is 31.2 Å². The molecule has 156 valence electrons. The molecule has 0 spiro atoms. The number of aliphatic imine (C=N–C) groups is 1. The van der Waals surface area contributed by atoms with Gasteiger partial charge in [-0.25, -0.2) is 4.99 Å². The number of rotatable bonds is 7. The van der Waals surface area contributed by atoms with Crippen LogP contribution >= 0.6 is 0 Å². The number of ether oxygens (including phenoxy) is 2. The fraction of sp³-hybridized carbons (Fsp3) is 0.435. The molecule has 6 heteroatoms. The zero-order valence-corrected chi connectivity index (χ0v) is 17.7. The number of nitrogens with one attached hydrogen (secondary N) is 2. The van der Waals surface area contributed by atoms with Gasteiger partial charge in [0.05, 0.1) is 19.8 Å². The molecule has 0 atom stereocenters. The maximum absolute atomic E-state index is 5.78. The van der Waals surface area contributed by atoms with Gasteiger partial charge in [0.25, 0.3) is 0 Å². The molecule has 0 saturated carbocycles. The van der Waals surface area contributed by atoms with E-state index in [1.165, 1.54) is 11.1 Å². The van der Waals surface area contributed by atoms with Gasteiger partial charge in [0, 0.05) is 31.3 Å². The van der Waals surface area contributed by atoms with E-state index in [0.717, 1.165) is 49.2 Å². The Morgan fingerprint density at radius 3 is 2.62 bits per heavy atom. The van der Waals surface area contributed by atoms with Gasteiger partial charge in [-0.2, -0.15) is 0 Å². The minimum Gasteiger partial charge on any atom is -0.490 e. The first-order valence-electron chi connectivity index (χ1n) is 10.4. The molecular formula is C23H32N4O2. The molecule has 2 aromatic carbocycles. The van der Waals surface area contributed by atoms with E-state index in [2.05, 4.69) is 60.7 Å². The molecule has 0 amide bonds. The van der Waals surface area contributed by atoms with Crippen LogP contribution in [0, 0.1) is 0 Å². The van der Waals surface area contributed by atoms with E-state index in [1.54, 1.807) is 0 Å². The largest absolute Gasteiger partial charge is 0.490 e. The van der Waals surface area contributed by atoms with E-state index in [9.17, 15) is 0 Å². The first-order valence-corrected chi connectivity index (χ1v) is 10.4. The van der Waals surface area contributed by atoms with Crippen molar-refractivity contribution < 1.29 is 9.47 Å². The van der Waals surface area contributed by atoms with Crippen LogP contribution in [0.4, 0.5) is 5.69 Å². The van der Waals surface area contributed by atoms with Crippen LogP contribution in [0.3, 0.4) is 0 Å². The molecule has 3 rings (SSSR count). The van der Waals surface area contributed by atoms with Gasteiger partial charge in [-0.15, -0.1) is 0 Å². The fourth-order valence-electron chi connectivity index (χ4n) is 3.11. The highest BCUT2D eigenvalue weighted by atomic mass is 16.5. The van der Waals surface area contributed by atoms with Crippen LogP contribution in [0.2, 0.25) is 0 Å². The van der Waals surface area contributed by atoms with Crippen LogP contribution in [-0.2, 0) is 13.1 Å². The molecule has 2 aromatic rings. The molecule has 0 fully saturated rings. The smallest absolute Gasteiger partial charge is 0.196 e. The predicted octanol–water partition coefficient (Wildman–Crippen LogP) is 3.88. The number of fused-ring (bicyclic) bond motifs is 1. The topological polar surface area (TPSA) is 58.1 Å². The highest BCUT2D eigenvalue weighted by Gasteiger charge is 2.11. The lowest BCUT2D eigenvalue weighted by Gasteiger charge is -2.15. The van der Waals surface area contributed by atoms with E-state index in [0.29, 0.717) is 19.8 Å². The molecule has 1 aliphatic rings. The number of guanidine groups is 1. The Balaban J connectivity index is 1.69. The van der Waals surface area contributed by atoms with E-state index in [1.807, 2.05) is 18.2 Å². The summed E-state index contributed by atoms with van der Waals surface area (Å²) >= 11 is 0. The standard InChI is InChI=1S/C23H32N4O2/c1-4-24-23(25-16-18-8-6-9-19(14-18)17-27(3)5-2)26-20-10-11-21-22(15-20)29-13-7-12-28-21/h6,8-11,14-15H,4-5,7,12-13,16-17H2,1-3H3,(H2,24,25,26). The molecule has 0 radical (unpaired) electrons. The second kappa shape index (κ2) is 10.7. The van der Waals surface area contributed by atoms with Gasteiger partial charge in [-0.3, -0.25) is 0 Å². The normalized spacial score (nSPS) is 13.9. The van der Waals surface area contributed by atoms with Gasteiger partial charge in [0.15, 0.2) is 17.5 Å². The third-order valence-electron chi connectivity index (χ3n) is 4.76.